The van der Waals surface area contributed by atoms with Crippen molar-refractivity contribution in [3.05, 3.63) is 35.6 Å². The second kappa shape index (κ2) is 7.51. The van der Waals surface area contributed by atoms with E-state index in [1.165, 1.54) is 0 Å². The summed E-state index contributed by atoms with van der Waals surface area (Å²) in [5.41, 5.74) is 1.90. The SMILES string of the molecule is CCCC(CCCl)CNC(=O)c1cc2cc(C)ccc2o1. The first-order chi connectivity index (χ1) is 10.1. The predicted octanol–water partition coefficient (Wildman–Crippen LogP) is 4.52. The highest BCUT2D eigenvalue weighted by atomic mass is 35.5. The minimum atomic E-state index is -0.153. The molecule has 1 aromatic heterocycles. The minimum absolute atomic E-state index is 0.153. The van der Waals surface area contributed by atoms with E-state index in [9.17, 15) is 4.79 Å². The third-order valence-electron chi connectivity index (χ3n) is 3.66. The highest BCUT2D eigenvalue weighted by Gasteiger charge is 2.14. The van der Waals surface area contributed by atoms with Gasteiger partial charge in [-0.05, 0) is 43.9 Å². The van der Waals surface area contributed by atoms with Crippen molar-refractivity contribution in [1.82, 2.24) is 5.32 Å². The fourth-order valence-corrected chi connectivity index (χ4v) is 2.82. The number of carbonyl (C=O) groups excluding carboxylic acids is 1. The molecule has 21 heavy (non-hydrogen) atoms. The monoisotopic (exact) mass is 307 g/mol. The van der Waals surface area contributed by atoms with E-state index in [0.717, 1.165) is 35.8 Å². The lowest BCUT2D eigenvalue weighted by Crippen LogP contribution is -2.29. The molecule has 2 rings (SSSR count). The molecule has 114 valence electrons. The van der Waals surface area contributed by atoms with Crippen molar-refractivity contribution in [3.8, 4) is 0 Å². The van der Waals surface area contributed by atoms with Gasteiger partial charge in [-0.2, -0.15) is 0 Å². The number of benzene rings is 1. The number of carbonyl (C=O) groups is 1. The molecular weight excluding hydrogens is 286 g/mol. The van der Waals surface area contributed by atoms with Gasteiger partial charge in [0.25, 0.3) is 5.91 Å². The Morgan fingerprint density at radius 1 is 1.33 bits per heavy atom. The van der Waals surface area contributed by atoms with E-state index in [4.69, 9.17) is 16.0 Å². The van der Waals surface area contributed by atoms with E-state index in [2.05, 4.69) is 12.2 Å². The number of rotatable bonds is 7. The van der Waals surface area contributed by atoms with Gasteiger partial charge in [0.2, 0.25) is 0 Å². The van der Waals surface area contributed by atoms with Gasteiger partial charge in [-0.15, -0.1) is 11.6 Å². The molecule has 1 unspecified atom stereocenters. The molecule has 1 atom stereocenters. The Kier molecular flexibility index (Phi) is 5.68. The molecule has 0 spiro atoms. The molecule has 0 saturated heterocycles. The summed E-state index contributed by atoms with van der Waals surface area (Å²) in [6.45, 7) is 4.81. The van der Waals surface area contributed by atoms with Crippen LogP contribution >= 0.6 is 11.6 Å². The van der Waals surface area contributed by atoms with Crippen LogP contribution < -0.4 is 5.32 Å². The number of hydrogen-bond donors (Lipinski definition) is 1. The lowest BCUT2D eigenvalue weighted by molar-refractivity contribution is 0.0920. The van der Waals surface area contributed by atoms with Crippen LogP contribution in [0.5, 0.6) is 0 Å². The van der Waals surface area contributed by atoms with Crippen LogP contribution in [-0.4, -0.2) is 18.3 Å². The van der Waals surface area contributed by atoms with Crippen LogP contribution in [0.2, 0.25) is 0 Å². The van der Waals surface area contributed by atoms with E-state index >= 15 is 0 Å². The number of aryl methyl sites for hydroxylation is 1. The number of amides is 1. The molecule has 0 aliphatic rings. The summed E-state index contributed by atoms with van der Waals surface area (Å²) in [6, 6.07) is 7.69. The van der Waals surface area contributed by atoms with Crippen molar-refractivity contribution in [2.75, 3.05) is 12.4 Å². The van der Waals surface area contributed by atoms with Gasteiger partial charge in [-0.1, -0.05) is 25.0 Å². The largest absolute Gasteiger partial charge is 0.451 e. The van der Waals surface area contributed by atoms with Gasteiger partial charge < -0.3 is 9.73 Å². The number of hydrogen-bond acceptors (Lipinski definition) is 2. The Morgan fingerprint density at radius 2 is 2.14 bits per heavy atom. The van der Waals surface area contributed by atoms with E-state index in [-0.39, 0.29) is 5.91 Å². The quantitative estimate of drug-likeness (QED) is 0.764. The number of nitrogens with one attached hydrogen (secondary N) is 1. The maximum Gasteiger partial charge on any atom is 0.287 e. The number of halogens is 1. The maximum absolute atomic E-state index is 12.2. The first kappa shape index (κ1) is 15.9. The van der Waals surface area contributed by atoms with Crippen molar-refractivity contribution >= 4 is 28.5 Å². The van der Waals surface area contributed by atoms with Crippen molar-refractivity contribution in [2.24, 2.45) is 5.92 Å². The Hall–Kier alpha value is -1.48. The van der Waals surface area contributed by atoms with Crippen molar-refractivity contribution in [2.45, 2.75) is 33.1 Å². The molecule has 1 aromatic carbocycles. The number of fused-ring (bicyclic) bond motifs is 1. The molecule has 0 saturated carbocycles. The molecule has 0 bridgehead atoms. The summed E-state index contributed by atoms with van der Waals surface area (Å²) < 4.78 is 5.60. The Balaban J connectivity index is 2.01. The minimum Gasteiger partial charge on any atom is -0.451 e. The third kappa shape index (κ3) is 4.24. The molecule has 1 N–H and O–H groups in total. The molecule has 0 aliphatic heterocycles. The van der Waals surface area contributed by atoms with Crippen LogP contribution in [0.3, 0.4) is 0 Å². The molecule has 4 heteroatoms. The third-order valence-corrected chi connectivity index (χ3v) is 3.88. The first-order valence-corrected chi connectivity index (χ1v) is 8.01. The van der Waals surface area contributed by atoms with Crippen LogP contribution in [0.15, 0.2) is 28.7 Å². The van der Waals surface area contributed by atoms with Gasteiger partial charge in [-0.3, -0.25) is 4.79 Å². The topological polar surface area (TPSA) is 42.2 Å². The zero-order valence-corrected chi connectivity index (χ0v) is 13.4. The smallest absolute Gasteiger partial charge is 0.287 e. The van der Waals surface area contributed by atoms with Gasteiger partial charge in [0.1, 0.15) is 5.58 Å². The number of furan rings is 1. The van der Waals surface area contributed by atoms with Crippen molar-refractivity contribution < 1.29 is 9.21 Å². The van der Waals surface area contributed by atoms with E-state index in [1.54, 1.807) is 6.07 Å². The molecule has 3 nitrogen and oxygen atoms in total. The summed E-state index contributed by atoms with van der Waals surface area (Å²) in [4.78, 5) is 12.2. The molecule has 1 heterocycles. The van der Waals surface area contributed by atoms with Gasteiger partial charge >= 0.3 is 0 Å². The fraction of sp³-hybridized carbons (Fsp3) is 0.471. The van der Waals surface area contributed by atoms with Gasteiger partial charge in [0, 0.05) is 17.8 Å². The second-order valence-corrected chi connectivity index (χ2v) is 5.87. The van der Waals surface area contributed by atoms with Crippen LogP contribution in [0.4, 0.5) is 0 Å². The maximum atomic E-state index is 12.2. The van der Waals surface area contributed by atoms with Crippen LogP contribution in [-0.2, 0) is 0 Å². The lowest BCUT2D eigenvalue weighted by Gasteiger charge is -2.14. The van der Waals surface area contributed by atoms with E-state index in [0.29, 0.717) is 24.1 Å². The molecule has 1 amide bonds. The average Bonchev–Trinajstić information content (AvgIpc) is 2.88. The highest BCUT2D eigenvalue weighted by molar-refractivity contribution is 6.17. The molecular formula is C17H22ClNO2. The zero-order chi connectivity index (χ0) is 15.2. The predicted molar refractivity (Wildman–Crippen MR) is 87.0 cm³/mol. The summed E-state index contributed by atoms with van der Waals surface area (Å²) in [6.07, 6.45) is 3.10. The van der Waals surface area contributed by atoms with Crippen molar-refractivity contribution in [3.63, 3.8) is 0 Å². The van der Waals surface area contributed by atoms with Gasteiger partial charge in [0.05, 0.1) is 0 Å². The van der Waals surface area contributed by atoms with Crippen molar-refractivity contribution in [1.29, 1.82) is 0 Å². The molecule has 0 aliphatic carbocycles. The lowest BCUT2D eigenvalue weighted by atomic mass is 10.0. The normalized spacial score (nSPS) is 12.5. The van der Waals surface area contributed by atoms with Crippen LogP contribution in [0.25, 0.3) is 11.0 Å². The summed E-state index contributed by atoms with van der Waals surface area (Å²) >= 11 is 5.80. The molecule has 0 radical (unpaired) electrons. The average molecular weight is 308 g/mol. The summed E-state index contributed by atoms with van der Waals surface area (Å²) in [5, 5.41) is 3.92. The fourth-order valence-electron chi connectivity index (χ4n) is 2.51. The zero-order valence-electron chi connectivity index (χ0n) is 12.6. The number of alkyl halides is 1. The van der Waals surface area contributed by atoms with Crippen LogP contribution in [0.1, 0.15) is 42.3 Å². The van der Waals surface area contributed by atoms with Gasteiger partial charge in [0.15, 0.2) is 5.76 Å². The molecule has 0 fully saturated rings. The summed E-state index contributed by atoms with van der Waals surface area (Å²) in [7, 11) is 0. The Bertz CT molecular complexity index is 600. The Labute approximate surface area is 130 Å². The van der Waals surface area contributed by atoms with Gasteiger partial charge in [-0.25, -0.2) is 0 Å². The van der Waals surface area contributed by atoms with E-state index < -0.39 is 0 Å². The van der Waals surface area contributed by atoms with E-state index in [1.807, 2.05) is 25.1 Å². The Morgan fingerprint density at radius 3 is 2.86 bits per heavy atom. The molecule has 2 aromatic rings. The van der Waals surface area contributed by atoms with Crippen LogP contribution in [0, 0.1) is 12.8 Å². The standard InChI is InChI=1S/C17H22ClNO2/c1-3-4-13(7-8-18)11-19-17(20)16-10-14-9-12(2)5-6-15(14)21-16/h5-6,9-10,13H,3-4,7-8,11H2,1-2H3,(H,19,20). The first-order valence-electron chi connectivity index (χ1n) is 7.48. The summed E-state index contributed by atoms with van der Waals surface area (Å²) in [5.74, 6) is 1.28. The highest BCUT2D eigenvalue weighted by Crippen LogP contribution is 2.20. The second-order valence-electron chi connectivity index (χ2n) is 5.49.